The van der Waals surface area contributed by atoms with Crippen molar-refractivity contribution < 1.29 is 9.59 Å². The van der Waals surface area contributed by atoms with Crippen molar-refractivity contribution in [2.24, 2.45) is 5.92 Å². The minimum Gasteiger partial charge on any atom is -0.345 e. The molecule has 0 spiro atoms. The lowest BCUT2D eigenvalue weighted by atomic mass is 9.98. The van der Waals surface area contributed by atoms with Crippen LogP contribution < -0.4 is 10.6 Å². The van der Waals surface area contributed by atoms with Gasteiger partial charge in [-0.3, -0.25) is 9.59 Å². The number of hydrogen-bond donors (Lipinski definition) is 2. The summed E-state index contributed by atoms with van der Waals surface area (Å²) in [4.78, 5) is 25.5. The number of hydrogen-bond acceptors (Lipinski definition) is 3. The summed E-state index contributed by atoms with van der Waals surface area (Å²) in [5.74, 6) is -0.0379. The van der Waals surface area contributed by atoms with Crippen molar-refractivity contribution in [1.82, 2.24) is 10.2 Å². The molecule has 2 amide bonds. The highest BCUT2D eigenvalue weighted by Gasteiger charge is 2.21. The summed E-state index contributed by atoms with van der Waals surface area (Å²) < 4.78 is 0. The molecule has 1 aliphatic heterocycles. The molecular weight excluding hydrogens is 254 g/mol. The van der Waals surface area contributed by atoms with Gasteiger partial charge in [-0.05, 0) is 37.6 Å². The molecule has 1 aromatic rings. The first-order valence-electron chi connectivity index (χ1n) is 6.91. The third kappa shape index (κ3) is 3.57. The molecule has 5 nitrogen and oxygen atoms in total. The Hall–Kier alpha value is -1.88. The Morgan fingerprint density at radius 1 is 1.35 bits per heavy atom. The first-order chi connectivity index (χ1) is 9.58. The third-order valence-corrected chi connectivity index (χ3v) is 3.45. The Balaban J connectivity index is 2.04. The molecule has 1 fully saturated rings. The van der Waals surface area contributed by atoms with Crippen molar-refractivity contribution in [1.29, 1.82) is 0 Å². The minimum atomic E-state index is -0.0690. The van der Waals surface area contributed by atoms with Crippen LogP contribution >= 0.6 is 0 Å². The topological polar surface area (TPSA) is 61.4 Å². The molecule has 2 N–H and O–H groups in total. The fraction of sp³-hybridized carbons (Fsp3) is 0.467. The van der Waals surface area contributed by atoms with Crippen LogP contribution in [0.15, 0.2) is 24.3 Å². The number of carbonyl (C=O) groups excluding carboxylic acids is 2. The summed E-state index contributed by atoms with van der Waals surface area (Å²) in [5.41, 5.74) is 1.25. The van der Waals surface area contributed by atoms with E-state index in [0.29, 0.717) is 11.3 Å². The highest BCUT2D eigenvalue weighted by Crippen LogP contribution is 2.16. The molecule has 1 saturated heterocycles. The summed E-state index contributed by atoms with van der Waals surface area (Å²) in [6, 6.07) is 7.06. The maximum atomic E-state index is 12.1. The van der Waals surface area contributed by atoms with E-state index in [9.17, 15) is 9.59 Å². The summed E-state index contributed by atoms with van der Waals surface area (Å²) in [6.45, 7) is 1.71. The highest BCUT2D eigenvalue weighted by molar-refractivity contribution is 5.97. The molecule has 2 rings (SSSR count). The normalized spacial score (nSPS) is 18.4. The largest absolute Gasteiger partial charge is 0.345 e. The van der Waals surface area contributed by atoms with Gasteiger partial charge in [-0.25, -0.2) is 0 Å². The number of benzene rings is 1. The molecule has 1 aromatic carbocycles. The average molecular weight is 275 g/mol. The maximum absolute atomic E-state index is 12.1. The molecule has 1 aliphatic rings. The van der Waals surface area contributed by atoms with E-state index < -0.39 is 0 Å². The van der Waals surface area contributed by atoms with Crippen molar-refractivity contribution in [2.45, 2.75) is 12.8 Å². The summed E-state index contributed by atoms with van der Waals surface area (Å²) >= 11 is 0. The van der Waals surface area contributed by atoms with E-state index in [-0.39, 0.29) is 17.7 Å². The van der Waals surface area contributed by atoms with E-state index >= 15 is 0 Å². The van der Waals surface area contributed by atoms with Crippen LogP contribution in [0.25, 0.3) is 0 Å². The monoisotopic (exact) mass is 275 g/mol. The number of nitrogens with zero attached hydrogens (tertiary/aromatic N) is 1. The lowest BCUT2D eigenvalue weighted by molar-refractivity contribution is -0.120. The van der Waals surface area contributed by atoms with Gasteiger partial charge in [0.1, 0.15) is 0 Å². The Bertz CT molecular complexity index is 494. The number of amides is 2. The van der Waals surface area contributed by atoms with E-state index in [4.69, 9.17) is 0 Å². The summed E-state index contributed by atoms with van der Waals surface area (Å²) in [7, 11) is 3.42. The lowest BCUT2D eigenvalue weighted by Gasteiger charge is -2.22. The van der Waals surface area contributed by atoms with E-state index in [1.165, 1.54) is 4.90 Å². The van der Waals surface area contributed by atoms with Crippen molar-refractivity contribution >= 4 is 17.5 Å². The van der Waals surface area contributed by atoms with Gasteiger partial charge in [0.2, 0.25) is 5.91 Å². The fourth-order valence-corrected chi connectivity index (χ4v) is 2.31. The number of rotatable bonds is 3. The van der Waals surface area contributed by atoms with Gasteiger partial charge in [0.25, 0.3) is 5.91 Å². The quantitative estimate of drug-likeness (QED) is 0.875. The molecule has 5 heteroatoms. The summed E-state index contributed by atoms with van der Waals surface area (Å²) in [6.07, 6.45) is 1.94. The zero-order valence-electron chi connectivity index (χ0n) is 12.0. The first kappa shape index (κ1) is 14.5. The second-order valence-corrected chi connectivity index (χ2v) is 5.31. The molecule has 1 atom stereocenters. The second kappa shape index (κ2) is 6.52. The number of anilines is 1. The Morgan fingerprint density at radius 3 is 2.80 bits per heavy atom. The van der Waals surface area contributed by atoms with E-state index in [1.54, 1.807) is 38.4 Å². The van der Waals surface area contributed by atoms with Crippen LogP contribution in [0, 0.1) is 5.92 Å². The van der Waals surface area contributed by atoms with Crippen LogP contribution in [0.2, 0.25) is 0 Å². The SMILES string of the molecule is CN(C)C(=O)c1cccc(NC(=O)C2CCCNC2)c1. The first-order valence-corrected chi connectivity index (χ1v) is 6.91. The molecule has 0 aliphatic carbocycles. The molecular formula is C15H21N3O2. The predicted molar refractivity (Wildman–Crippen MR) is 78.7 cm³/mol. The highest BCUT2D eigenvalue weighted by atomic mass is 16.2. The Morgan fingerprint density at radius 2 is 2.15 bits per heavy atom. The van der Waals surface area contributed by atoms with Gasteiger partial charge in [0.15, 0.2) is 0 Å². The smallest absolute Gasteiger partial charge is 0.253 e. The van der Waals surface area contributed by atoms with Crippen molar-refractivity contribution in [3.8, 4) is 0 Å². The van der Waals surface area contributed by atoms with Crippen LogP contribution in [0.3, 0.4) is 0 Å². The van der Waals surface area contributed by atoms with Crippen LogP contribution in [-0.4, -0.2) is 43.9 Å². The van der Waals surface area contributed by atoms with E-state index in [1.807, 2.05) is 0 Å². The molecule has 0 saturated carbocycles. The van der Waals surface area contributed by atoms with Crippen LogP contribution in [0.4, 0.5) is 5.69 Å². The average Bonchev–Trinajstić information content (AvgIpc) is 2.47. The Labute approximate surface area is 119 Å². The number of nitrogens with one attached hydrogen (secondary N) is 2. The third-order valence-electron chi connectivity index (χ3n) is 3.45. The van der Waals surface area contributed by atoms with Crippen molar-refractivity contribution in [2.75, 3.05) is 32.5 Å². The Kier molecular flexibility index (Phi) is 4.74. The van der Waals surface area contributed by atoms with Crippen LogP contribution in [0.5, 0.6) is 0 Å². The van der Waals surface area contributed by atoms with E-state index in [2.05, 4.69) is 10.6 Å². The molecule has 0 bridgehead atoms. The van der Waals surface area contributed by atoms with Crippen molar-refractivity contribution in [3.05, 3.63) is 29.8 Å². The van der Waals surface area contributed by atoms with Gasteiger partial charge < -0.3 is 15.5 Å². The minimum absolute atomic E-state index is 0.0111. The lowest BCUT2D eigenvalue weighted by Crippen LogP contribution is -2.37. The van der Waals surface area contributed by atoms with Gasteiger partial charge in [0.05, 0.1) is 5.92 Å². The number of carbonyl (C=O) groups is 2. The molecule has 0 aromatic heterocycles. The summed E-state index contributed by atoms with van der Waals surface area (Å²) in [5, 5.41) is 6.12. The van der Waals surface area contributed by atoms with E-state index in [0.717, 1.165) is 25.9 Å². The fourth-order valence-electron chi connectivity index (χ4n) is 2.31. The van der Waals surface area contributed by atoms with Crippen LogP contribution in [-0.2, 0) is 4.79 Å². The molecule has 1 heterocycles. The predicted octanol–water partition coefficient (Wildman–Crippen LogP) is 1.33. The number of piperidine rings is 1. The van der Waals surface area contributed by atoms with Gasteiger partial charge in [-0.2, -0.15) is 0 Å². The molecule has 20 heavy (non-hydrogen) atoms. The molecule has 108 valence electrons. The standard InChI is InChI=1S/C15H21N3O2/c1-18(2)15(20)11-5-3-7-13(9-11)17-14(19)12-6-4-8-16-10-12/h3,5,7,9,12,16H,4,6,8,10H2,1-2H3,(H,17,19). The zero-order chi connectivity index (χ0) is 14.5. The van der Waals surface area contributed by atoms with Crippen LogP contribution in [0.1, 0.15) is 23.2 Å². The molecule has 0 radical (unpaired) electrons. The maximum Gasteiger partial charge on any atom is 0.253 e. The molecule has 1 unspecified atom stereocenters. The second-order valence-electron chi connectivity index (χ2n) is 5.31. The van der Waals surface area contributed by atoms with Gasteiger partial charge in [-0.1, -0.05) is 6.07 Å². The van der Waals surface area contributed by atoms with Gasteiger partial charge in [0, 0.05) is 31.9 Å². The van der Waals surface area contributed by atoms with Gasteiger partial charge >= 0.3 is 0 Å². The van der Waals surface area contributed by atoms with Crippen molar-refractivity contribution in [3.63, 3.8) is 0 Å². The van der Waals surface area contributed by atoms with Gasteiger partial charge in [-0.15, -0.1) is 0 Å². The zero-order valence-corrected chi connectivity index (χ0v) is 12.0.